The van der Waals surface area contributed by atoms with Gasteiger partial charge in [-0.15, -0.1) is 0 Å². The van der Waals surface area contributed by atoms with Gasteiger partial charge in [-0.25, -0.2) is 4.79 Å². The third kappa shape index (κ3) is 3.45. The zero-order valence-electron chi connectivity index (χ0n) is 10.3. The Morgan fingerprint density at radius 3 is 2.84 bits per heavy atom. The first kappa shape index (κ1) is 13.8. The summed E-state index contributed by atoms with van der Waals surface area (Å²) in [7, 11) is 0. The van der Waals surface area contributed by atoms with Crippen molar-refractivity contribution in [2.75, 3.05) is 18.4 Å². The molecule has 0 aliphatic carbocycles. The number of anilines is 1. The number of piperidine rings is 1. The van der Waals surface area contributed by atoms with Gasteiger partial charge < -0.3 is 15.7 Å². The van der Waals surface area contributed by atoms with Crippen molar-refractivity contribution in [1.82, 2.24) is 5.32 Å². The van der Waals surface area contributed by atoms with E-state index >= 15 is 0 Å². The van der Waals surface area contributed by atoms with Crippen LogP contribution in [0.2, 0.25) is 5.02 Å². The Morgan fingerprint density at radius 1 is 1.42 bits per heavy atom. The second-order valence-corrected chi connectivity index (χ2v) is 4.96. The monoisotopic (exact) mass is 282 g/mol. The number of carbonyl (C=O) groups excluding carboxylic acids is 1. The first-order chi connectivity index (χ1) is 9.08. The molecule has 6 heteroatoms. The Bertz CT molecular complexity index is 499. The van der Waals surface area contributed by atoms with Gasteiger partial charge in [-0.3, -0.25) is 4.79 Å². The van der Waals surface area contributed by atoms with Crippen molar-refractivity contribution in [1.29, 1.82) is 0 Å². The van der Waals surface area contributed by atoms with Crippen molar-refractivity contribution < 1.29 is 14.7 Å². The number of rotatable bonds is 3. The molecule has 0 bridgehead atoms. The number of aromatic carboxylic acids is 1. The molecule has 1 atom stereocenters. The molecule has 0 saturated carbocycles. The van der Waals surface area contributed by atoms with Gasteiger partial charge in [0.2, 0.25) is 5.91 Å². The van der Waals surface area contributed by atoms with Gasteiger partial charge >= 0.3 is 5.97 Å². The van der Waals surface area contributed by atoms with E-state index in [0.717, 1.165) is 19.4 Å². The molecular formula is C13H15ClN2O3. The standard InChI is InChI=1S/C13H15ClN2O3/c14-9-3-4-11(10(6-9)13(18)19)16-12(17)8-2-1-5-15-7-8/h3-4,6,8,15H,1-2,5,7H2,(H,16,17)(H,18,19). The molecule has 19 heavy (non-hydrogen) atoms. The summed E-state index contributed by atoms with van der Waals surface area (Å²) in [6.45, 7) is 1.55. The minimum absolute atomic E-state index is 0.00428. The molecule has 1 aliphatic rings. The molecule has 0 aromatic heterocycles. The van der Waals surface area contributed by atoms with Gasteiger partial charge in [0.1, 0.15) is 0 Å². The van der Waals surface area contributed by atoms with Crippen molar-refractivity contribution in [3.8, 4) is 0 Å². The second-order valence-electron chi connectivity index (χ2n) is 4.53. The molecule has 2 rings (SSSR count). The molecule has 5 nitrogen and oxygen atoms in total. The van der Waals surface area contributed by atoms with Gasteiger partial charge in [0.05, 0.1) is 17.2 Å². The Kier molecular flexibility index (Phi) is 4.39. The highest BCUT2D eigenvalue weighted by Crippen LogP contribution is 2.22. The SMILES string of the molecule is O=C(O)c1cc(Cl)ccc1NC(=O)C1CCCNC1. The summed E-state index contributed by atoms with van der Waals surface area (Å²) >= 11 is 5.76. The molecule has 1 amide bonds. The zero-order valence-corrected chi connectivity index (χ0v) is 11.0. The predicted octanol–water partition coefficient (Wildman–Crippen LogP) is 1.98. The van der Waals surface area contributed by atoms with Crippen molar-refractivity contribution in [3.63, 3.8) is 0 Å². The number of carboxylic acid groups (broad SMARTS) is 1. The maximum Gasteiger partial charge on any atom is 0.337 e. The first-order valence-corrected chi connectivity index (χ1v) is 6.50. The summed E-state index contributed by atoms with van der Waals surface area (Å²) in [4.78, 5) is 23.2. The highest BCUT2D eigenvalue weighted by atomic mass is 35.5. The zero-order chi connectivity index (χ0) is 13.8. The van der Waals surface area contributed by atoms with Crippen LogP contribution in [0, 0.1) is 5.92 Å². The van der Waals surface area contributed by atoms with E-state index in [0.29, 0.717) is 11.6 Å². The quantitative estimate of drug-likeness (QED) is 0.792. The summed E-state index contributed by atoms with van der Waals surface area (Å²) in [5.41, 5.74) is 0.289. The Labute approximate surface area is 116 Å². The minimum Gasteiger partial charge on any atom is -0.478 e. The van der Waals surface area contributed by atoms with Crippen molar-refractivity contribution in [3.05, 3.63) is 28.8 Å². The van der Waals surface area contributed by atoms with Crippen LogP contribution in [0.15, 0.2) is 18.2 Å². The second kappa shape index (κ2) is 6.04. The van der Waals surface area contributed by atoms with Crippen LogP contribution in [0.1, 0.15) is 23.2 Å². The fraction of sp³-hybridized carbons (Fsp3) is 0.385. The van der Waals surface area contributed by atoms with Crippen LogP contribution < -0.4 is 10.6 Å². The largest absolute Gasteiger partial charge is 0.478 e. The molecule has 0 radical (unpaired) electrons. The van der Waals surface area contributed by atoms with Gasteiger partial charge in [-0.2, -0.15) is 0 Å². The Balaban J connectivity index is 2.13. The summed E-state index contributed by atoms with van der Waals surface area (Å²) in [5.74, 6) is -1.39. The molecular weight excluding hydrogens is 268 g/mol. The predicted molar refractivity (Wildman–Crippen MR) is 72.6 cm³/mol. The van der Waals surface area contributed by atoms with E-state index in [1.54, 1.807) is 6.07 Å². The average Bonchev–Trinajstić information content (AvgIpc) is 2.41. The van der Waals surface area contributed by atoms with Crippen LogP contribution in [0.3, 0.4) is 0 Å². The molecule has 102 valence electrons. The Morgan fingerprint density at radius 2 is 2.21 bits per heavy atom. The highest BCUT2D eigenvalue weighted by molar-refractivity contribution is 6.31. The van der Waals surface area contributed by atoms with E-state index in [1.165, 1.54) is 12.1 Å². The van der Waals surface area contributed by atoms with Crippen LogP contribution in [-0.2, 0) is 4.79 Å². The molecule has 1 aromatic carbocycles. The lowest BCUT2D eigenvalue weighted by Crippen LogP contribution is -2.37. The van der Waals surface area contributed by atoms with Gasteiger partial charge in [0.15, 0.2) is 0 Å². The lowest BCUT2D eigenvalue weighted by Gasteiger charge is -2.22. The average molecular weight is 283 g/mol. The van der Waals surface area contributed by atoms with Crippen LogP contribution in [0.25, 0.3) is 0 Å². The van der Waals surface area contributed by atoms with Crippen molar-refractivity contribution in [2.24, 2.45) is 5.92 Å². The van der Waals surface area contributed by atoms with E-state index in [9.17, 15) is 9.59 Å². The maximum absolute atomic E-state index is 12.1. The molecule has 1 heterocycles. The van der Waals surface area contributed by atoms with Gasteiger partial charge in [-0.1, -0.05) is 11.6 Å². The van der Waals surface area contributed by atoms with Crippen LogP contribution in [0.5, 0.6) is 0 Å². The highest BCUT2D eigenvalue weighted by Gasteiger charge is 2.22. The van der Waals surface area contributed by atoms with Gasteiger partial charge in [0.25, 0.3) is 0 Å². The van der Waals surface area contributed by atoms with Crippen molar-refractivity contribution >= 4 is 29.2 Å². The van der Waals surface area contributed by atoms with Gasteiger partial charge in [0, 0.05) is 11.6 Å². The Hall–Kier alpha value is -1.59. The van der Waals surface area contributed by atoms with E-state index in [4.69, 9.17) is 16.7 Å². The van der Waals surface area contributed by atoms with Crippen molar-refractivity contribution in [2.45, 2.75) is 12.8 Å². The smallest absolute Gasteiger partial charge is 0.337 e. The summed E-state index contributed by atoms with van der Waals surface area (Å²) < 4.78 is 0. The molecule has 1 unspecified atom stereocenters. The lowest BCUT2D eigenvalue weighted by molar-refractivity contribution is -0.120. The van der Waals surface area contributed by atoms with E-state index in [-0.39, 0.29) is 23.1 Å². The maximum atomic E-state index is 12.1. The van der Waals surface area contributed by atoms with E-state index in [2.05, 4.69) is 10.6 Å². The molecule has 1 aliphatic heterocycles. The lowest BCUT2D eigenvalue weighted by atomic mass is 9.98. The fourth-order valence-electron chi connectivity index (χ4n) is 2.11. The van der Waals surface area contributed by atoms with Gasteiger partial charge in [-0.05, 0) is 37.6 Å². The van der Waals surface area contributed by atoms with E-state index in [1.807, 2.05) is 0 Å². The van der Waals surface area contributed by atoms with E-state index < -0.39 is 5.97 Å². The first-order valence-electron chi connectivity index (χ1n) is 6.12. The number of halogens is 1. The number of amides is 1. The molecule has 0 spiro atoms. The molecule has 1 aromatic rings. The summed E-state index contributed by atoms with van der Waals surface area (Å²) in [6.07, 6.45) is 1.76. The third-order valence-electron chi connectivity index (χ3n) is 3.14. The molecule has 1 saturated heterocycles. The topological polar surface area (TPSA) is 78.4 Å². The summed E-state index contributed by atoms with van der Waals surface area (Å²) in [6, 6.07) is 4.40. The number of hydrogen-bond acceptors (Lipinski definition) is 3. The van der Waals surface area contributed by atoms with Crippen LogP contribution in [0.4, 0.5) is 5.69 Å². The third-order valence-corrected chi connectivity index (χ3v) is 3.37. The summed E-state index contributed by atoms with van der Waals surface area (Å²) in [5, 5.41) is 15.2. The molecule has 1 fully saturated rings. The minimum atomic E-state index is -1.11. The number of nitrogens with one attached hydrogen (secondary N) is 2. The number of hydrogen-bond donors (Lipinski definition) is 3. The number of carboxylic acids is 1. The normalized spacial score (nSPS) is 18.9. The number of benzene rings is 1. The number of carbonyl (C=O) groups is 2. The van der Waals surface area contributed by atoms with Crippen LogP contribution in [-0.4, -0.2) is 30.1 Å². The molecule has 3 N–H and O–H groups in total. The van der Waals surface area contributed by atoms with Crippen LogP contribution >= 0.6 is 11.6 Å². The fourth-order valence-corrected chi connectivity index (χ4v) is 2.28.